The van der Waals surface area contributed by atoms with Crippen LogP contribution in [-0.2, 0) is 16.1 Å². The molecular weight excluding hydrogens is 498 g/mol. The van der Waals surface area contributed by atoms with Crippen molar-refractivity contribution < 1.29 is 14.7 Å². The van der Waals surface area contributed by atoms with Gasteiger partial charge in [0.15, 0.2) is 0 Å². The average molecular weight is 526 g/mol. The number of carbonyl (C=O) groups is 2. The predicted octanol–water partition coefficient (Wildman–Crippen LogP) is 6.50. The summed E-state index contributed by atoms with van der Waals surface area (Å²) in [5.41, 5.74) is 4.08. The fourth-order valence-electron chi connectivity index (χ4n) is 4.98. The molecule has 0 bridgehead atoms. The Morgan fingerprint density at radius 2 is 1.38 bits per heavy atom. The number of nitrogens with zero attached hydrogens (tertiary/aromatic N) is 3. The van der Waals surface area contributed by atoms with Gasteiger partial charge in [-0.3, -0.25) is 9.59 Å². The van der Waals surface area contributed by atoms with Gasteiger partial charge in [-0.05, 0) is 35.4 Å². The van der Waals surface area contributed by atoms with Crippen LogP contribution in [0.25, 0.3) is 17.0 Å². The highest BCUT2D eigenvalue weighted by molar-refractivity contribution is 6.12. The Kier molecular flexibility index (Phi) is 7.84. The molecule has 4 aromatic carbocycles. The van der Waals surface area contributed by atoms with Gasteiger partial charge in [-0.2, -0.15) is 5.26 Å². The van der Waals surface area contributed by atoms with E-state index < -0.39 is 11.9 Å². The third-order valence-corrected chi connectivity index (χ3v) is 6.86. The molecule has 0 unspecified atom stereocenters. The summed E-state index contributed by atoms with van der Waals surface area (Å²) < 4.78 is 1.61. The normalized spacial score (nSPS) is 11.3. The van der Waals surface area contributed by atoms with Crippen molar-refractivity contribution in [1.82, 2.24) is 4.57 Å². The molecule has 0 fully saturated rings. The van der Waals surface area contributed by atoms with Gasteiger partial charge in [0.1, 0.15) is 18.2 Å². The molecule has 0 aliphatic carbocycles. The van der Waals surface area contributed by atoms with E-state index in [1.165, 1.54) is 0 Å². The molecule has 6 heteroatoms. The van der Waals surface area contributed by atoms with Crippen LogP contribution < -0.4 is 4.90 Å². The Balaban J connectivity index is 1.58. The number of amides is 1. The molecule has 5 rings (SSSR count). The van der Waals surface area contributed by atoms with Crippen LogP contribution in [0.1, 0.15) is 22.6 Å². The fraction of sp³-hybridized carbons (Fsp3) is 0.0882. The van der Waals surface area contributed by atoms with E-state index in [0.29, 0.717) is 23.3 Å². The molecule has 0 spiro atoms. The molecular formula is C34H27N3O3. The third kappa shape index (κ3) is 5.69. The van der Waals surface area contributed by atoms with Crippen LogP contribution in [0.2, 0.25) is 0 Å². The second kappa shape index (κ2) is 12.0. The molecule has 40 heavy (non-hydrogen) atoms. The van der Waals surface area contributed by atoms with Gasteiger partial charge < -0.3 is 14.6 Å². The minimum Gasteiger partial charge on any atom is -0.480 e. The first kappa shape index (κ1) is 26.2. The summed E-state index contributed by atoms with van der Waals surface area (Å²) in [6.07, 6.45) is 3.23. The number of aliphatic carboxylic acids is 1. The summed E-state index contributed by atoms with van der Waals surface area (Å²) >= 11 is 0. The standard InChI is InChI=1S/C34H27N3O3/c35-21-27(20-28-22-36(24-33(38)39)32-19-11-10-18-30(28)32)34(40)37(29-16-8-3-9-17-29)23-31(25-12-4-1-5-13-25)26-14-6-2-7-15-26/h1-20,22,31H,23-24H2,(H,38,39)/b27-20+. The number of benzene rings is 4. The Labute approximate surface area is 232 Å². The molecule has 0 atom stereocenters. The molecule has 5 aromatic rings. The van der Waals surface area contributed by atoms with Crippen LogP contribution in [0, 0.1) is 11.3 Å². The van der Waals surface area contributed by atoms with Gasteiger partial charge >= 0.3 is 5.97 Å². The summed E-state index contributed by atoms with van der Waals surface area (Å²) in [6, 6.07) is 38.8. The molecule has 196 valence electrons. The molecule has 0 aliphatic heterocycles. The quantitative estimate of drug-likeness (QED) is 0.176. The van der Waals surface area contributed by atoms with Crippen molar-refractivity contribution >= 4 is 34.5 Å². The lowest BCUT2D eigenvalue weighted by Gasteiger charge is -2.28. The lowest BCUT2D eigenvalue weighted by Crippen LogP contribution is -2.36. The van der Waals surface area contributed by atoms with Gasteiger partial charge in [-0.1, -0.05) is 97.1 Å². The molecule has 1 aromatic heterocycles. The summed E-state index contributed by atoms with van der Waals surface area (Å²) in [5, 5.41) is 20.3. The van der Waals surface area contributed by atoms with Gasteiger partial charge in [-0.25, -0.2) is 0 Å². The number of rotatable bonds is 9. The van der Waals surface area contributed by atoms with Crippen LogP contribution in [-0.4, -0.2) is 28.1 Å². The lowest BCUT2D eigenvalue weighted by atomic mass is 9.90. The minimum absolute atomic E-state index is 0.0399. The van der Waals surface area contributed by atoms with Gasteiger partial charge in [-0.15, -0.1) is 0 Å². The highest BCUT2D eigenvalue weighted by atomic mass is 16.4. The number of carboxylic acids is 1. The van der Waals surface area contributed by atoms with Crippen molar-refractivity contribution in [3.8, 4) is 6.07 Å². The maximum atomic E-state index is 14.1. The summed E-state index contributed by atoms with van der Waals surface area (Å²) in [4.78, 5) is 27.2. The van der Waals surface area contributed by atoms with Crippen LogP contribution >= 0.6 is 0 Å². The number of nitriles is 1. The van der Waals surface area contributed by atoms with Crippen LogP contribution in [0.4, 0.5) is 5.69 Å². The molecule has 0 aliphatic rings. The van der Waals surface area contributed by atoms with E-state index in [9.17, 15) is 20.0 Å². The predicted molar refractivity (Wildman–Crippen MR) is 157 cm³/mol. The number of aromatic nitrogens is 1. The van der Waals surface area contributed by atoms with Crippen molar-refractivity contribution in [3.05, 3.63) is 144 Å². The maximum absolute atomic E-state index is 14.1. The molecule has 1 amide bonds. The van der Waals surface area contributed by atoms with Crippen molar-refractivity contribution in [3.63, 3.8) is 0 Å². The molecule has 0 radical (unpaired) electrons. The summed E-state index contributed by atoms with van der Waals surface area (Å²) in [6.45, 7) is 0.0901. The lowest BCUT2D eigenvalue weighted by molar-refractivity contribution is -0.137. The highest BCUT2D eigenvalue weighted by Gasteiger charge is 2.26. The number of hydrogen-bond donors (Lipinski definition) is 1. The number of fused-ring (bicyclic) bond motifs is 1. The van der Waals surface area contributed by atoms with Gasteiger partial charge in [0, 0.05) is 40.8 Å². The van der Waals surface area contributed by atoms with Gasteiger partial charge in [0.2, 0.25) is 0 Å². The van der Waals surface area contributed by atoms with E-state index in [1.807, 2.05) is 115 Å². The monoisotopic (exact) mass is 525 g/mol. The van der Waals surface area contributed by atoms with E-state index in [2.05, 4.69) is 6.07 Å². The number of anilines is 1. The Hall–Kier alpha value is -5.41. The number of hydrogen-bond acceptors (Lipinski definition) is 3. The maximum Gasteiger partial charge on any atom is 0.323 e. The molecule has 6 nitrogen and oxygen atoms in total. The Bertz CT molecular complexity index is 1660. The van der Waals surface area contributed by atoms with E-state index in [0.717, 1.165) is 16.5 Å². The van der Waals surface area contributed by atoms with Crippen LogP contribution in [0.15, 0.2) is 127 Å². The van der Waals surface area contributed by atoms with Crippen molar-refractivity contribution in [2.24, 2.45) is 0 Å². The highest BCUT2D eigenvalue weighted by Crippen LogP contribution is 2.30. The first-order valence-corrected chi connectivity index (χ1v) is 12.9. The zero-order valence-electron chi connectivity index (χ0n) is 21.7. The van der Waals surface area contributed by atoms with Crippen molar-refractivity contribution in [1.29, 1.82) is 5.26 Å². The molecule has 0 saturated carbocycles. The Morgan fingerprint density at radius 1 is 0.825 bits per heavy atom. The van der Waals surface area contributed by atoms with Gasteiger partial charge in [0.25, 0.3) is 5.91 Å². The van der Waals surface area contributed by atoms with Crippen molar-refractivity contribution in [2.75, 3.05) is 11.4 Å². The number of carboxylic acid groups (broad SMARTS) is 1. The smallest absolute Gasteiger partial charge is 0.323 e. The van der Waals surface area contributed by atoms with Crippen LogP contribution in [0.3, 0.4) is 0 Å². The van der Waals surface area contributed by atoms with Crippen molar-refractivity contribution in [2.45, 2.75) is 12.5 Å². The van der Waals surface area contributed by atoms with E-state index in [-0.39, 0.29) is 18.0 Å². The first-order valence-electron chi connectivity index (χ1n) is 12.9. The number of carbonyl (C=O) groups excluding carboxylic acids is 1. The average Bonchev–Trinajstić information content (AvgIpc) is 3.33. The molecule has 0 saturated heterocycles. The zero-order valence-corrected chi connectivity index (χ0v) is 21.7. The summed E-state index contributed by atoms with van der Waals surface area (Å²) in [7, 11) is 0. The second-order valence-electron chi connectivity index (χ2n) is 9.42. The minimum atomic E-state index is -0.976. The zero-order chi connectivity index (χ0) is 27.9. The fourth-order valence-corrected chi connectivity index (χ4v) is 4.98. The topological polar surface area (TPSA) is 86.3 Å². The van der Waals surface area contributed by atoms with E-state index >= 15 is 0 Å². The molecule has 1 heterocycles. The molecule has 1 N–H and O–H groups in total. The SMILES string of the molecule is N#C/C(=C\c1cn(CC(=O)O)c2ccccc12)C(=O)N(CC(c1ccccc1)c1ccccc1)c1ccccc1. The van der Waals surface area contributed by atoms with E-state index in [4.69, 9.17) is 0 Å². The van der Waals surface area contributed by atoms with Crippen LogP contribution in [0.5, 0.6) is 0 Å². The largest absolute Gasteiger partial charge is 0.480 e. The van der Waals surface area contributed by atoms with Gasteiger partial charge in [0.05, 0.1) is 0 Å². The third-order valence-electron chi connectivity index (χ3n) is 6.86. The summed E-state index contributed by atoms with van der Waals surface area (Å²) in [5.74, 6) is -1.54. The second-order valence-corrected chi connectivity index (χ2v) is 9.42. The number of para-hydroxylation sites is 2. The van der Waals surface area contributed by atoms with E-state index in [1.54, 1.807) is 21.7 Å². The first-order chi connectivity index (χ1) is 19.5. The Morgan fingerprint density at radius 3 is 1.95 bits per heavy atom.